The van der Waals surface area contributed by atoms with Gasteiger partial charge >= 0.3 is 0 Å². The van der Waals surface area contributed by atoms with Crippen molar-refractivity contribution < 1.29 is 4.79 Å². The molecule has 3 rings (SSSR count). The third-order valence-electron chi connectivity index (χ3n) is 3.46. The van der Waals surface area contributed by atoms with Crippen LogP contribution >= 0.6 is 11.8 Å². The van der Waals surface area contributed by atoms with Crippen LogP contribution < -0.4 is 0 Å². The molecule has 0 amide bonds. The van der Waals surface area contributed by atoms with Gasteiger partial charge < -0.3 is 0 Å². The number of benzene rings is 2. The Balaban J connectivity index is 1.81. The second-order valence-electron chi connectivity index (χ2n) is 5.00. The fourth-order valence-electron chi connectivity index (χ4n) is 2.30. The van der Waals surface area contributed by atoms with Crippen molar-refractivity contribution in [1.82, 2.24) is 14.8 Å². The van der Waals surface area contributed by atoms with Crippen LogP contribution in [0, 0.1) is 0 Å². The summed E-state index contributed by atoms with van der Waals surface area (Å²) in [6.45, 7) is 2.05. The zero-order valence-electron chi connectivity index (χ0n) is 12.8. The van der Waals surface area contributed by atoms with Crippen LogP contribution in [0.2, 0.25) is 0 Å². The first kappa shape index (κ1) is 15.5. The molecule has 0 radical (unpaired) electrons. The maximum Gasteiger partial charge on any atom is 0.196 e. The van der Waals surface area contributed by atoms with E-state index < -0.39 is 0 Å². The second kappa shape index (κ2) is 7.24. The highest BCUT2D eigenvalue weighted by Crippen LogP contribution is 2.23. The second-order valence-corrected chi connectivity index (χ2v) is 5.94. The molecule has 0 atom stereocenters. The molecule has 3 aromatic rings. The van der Waals surface area contributed by atoms with Gasteiger partial charge in [0.05, 0.1) is 5.75 Å². The molecule has 2 aromatic carbocycles. The lowest BCUT2D eigenvalue weighted by Crippen LogP contribution is -2.05. The van der Waals surface area contributed by atoms with Gasteiger partial charge in [0.25, 0.3) is 0 Å². The summed E-state index contributed by atoms with van der Waals surface area (Å²) in [7, 11) is 0. The van der Waals surface area contributed by atoms with E-state index >= 15 is 0 Å². The van der Waals surface area contributed by atoms with E-state index in [1.165, 1.54) is 11.8 Å². The van der Waals surface area contributed by atoms with E-state index in [0.717, 1.165) is 28.7 Å². The first-order valence-corrected chi connectivity index (χ1v) is 8.49. The van der Waals surface area contributed by atoms with E-state index in [-0.39, 0.29) is 5.78 Å². The summed E-state index contributed by atoms with van der Waals surface area (Å²) in [6.07, 6.45) is 0.787. The van der Waals surface area contributed by atoms with Crippen molar-refractivity contribution in [2.75, 3.05) is 5.75 Å². The number of aryl methyl sites for hydroxylation is 1. The number of carbonyl (C=O) groups is 1. The van der Waals surface area contributed by atoms with Crippen molar-refractivity contribution in [1.29, 1.82) is 0 Å². The molecule has 5 heteroatoms. The van der Waals surface area contributed by atoms with Crippen molar-refractivity contribution >= 4 is 17.5 Å². The van der Waals surface area contributed by atoms with Gasteiger partial charge in [-0.3, -0.25) is 9.36 Å². The molecule has 0 aliphatic heterocycles. The minimum absolute atomic E-state index is 0.0938. The maximum atomic E-state index is 12.3. The monoisotopic (exact) mass is 323 g/mol. The summed E-state index contributed by atoms with van der Waals surface area (Å²) in [5.74, 6) is 1.33. The molecule has 0 aliphatic carbocycles. The van der Waals surface area contributed by atoms with Crippen LogP contribution in [0.1, 0.15) is 23.1 Å². The fraction of sp³-hybridized carbons (Fsp3) is 0.167. The molecule has 4 nitrogen and oxygen atoms in total. The Kier molecular flexibility index (Phi) is 4.88. The van der Waals surface area contributed by atoms with E-state index in [4.69, 9.17) is 0 Å². The Morgan fingerprint density at radius 1 is 1.00 bits per heavy atom. The summed E-state index contributed by atoms with van der Waals surface area (Å²) in [4.78, 5) is 12.3. The molecule has 0 unspecified atom stereocenters. The molecule has 0 bridgehead atoms. The number of rotatable bonds is 6. The van der Waals surface area contributed by atoms with Crippen LogP contribution in [0.25, 0.3) is 5.69 Å². The average Bonchev–Trinajstić information content (AvgIpc) is 3.04. The molecule has 0 saturated carbocycles. The fourth-order valence-corrected chi connectivity index (χ4v) is 3.16. The predicted molar refractivity (Wildman–Crippen MR) is 92.2 cm³/mol. The van der Waals surface area contributed by atoms with Crippen molar-refractivity contribution in [2.45, 2.75) is 18.5 Å². The normalized spacial score (nSPS) is 10.7. The summed E-state index contributed by atoms with van der Waals surface area (Å²) < 4.78 is 2.02. The molecular formula is C18H17N3OS. The Labute approximate surface area is 139 Å². The molecule has 116 valence electrons. The van der Waals surface area contributed by atoms with Crippen LogP contribution in [0.3, 0.4) is 0 Å². The minimum atomic E-state index is 0.0938. The number of ketones is 1. The number of aromatic nitrogens is 3. The lowest BCUT2D eigenvalue weighted by atomic mass is 10.2. The number of nitrogens with zero attached hydrogens (tertiary/aromatic N) is 3. The molecule has 0 fully saturated rings. The molecule has 0 saturated heterocycles. The summed E-state index contributed by atoms with van der Waals surface area (Å²) in [5.41, 5.74) is 1.74. The van der Waals surface area contributed by atoms with Crippen LogP contribution in [-0.2, 0) is 6.42 Å². The molecule has 1 aromatic heterocycles. The van der Waals surface area contributed by atoms with E-state index in [0.29, 0.717) is 5.75 Å². The van der Waals surface area contributed by atoms with Crippen molar-refractivity contribution in [3.63, 3.8) is 0 Å². The highest BCUT2D eigenvalue weighted by atomic mass is 32.2. The Morgan fingerprint density at radius 3 is 2.30 bits per heavy atom. The lowest BCUT2D eigenvalue weighted by Gasteiger charge is -2.08. The van der Waals surface area contributed by atoms with Gasteiger partial charge in [-0.15, -0.1) is 10.2 Å². The Bertz CT molecular complexity index is 785. The van der Waals surface area contributed by atoms with Gasteiger partial charge in [0, 0.05) is 17.7 Å². The molecule has 1 heterocycles. The van der Waals surface area contributed by atoms with E-state index in [2.05, 4.69) is 10.2 Å². The highest BCUT2D eigenvalue weighted by Gasteiger charge is 2.15. The standard InChI is InChI=1S/C18H17N3OS/c1-2-17-19-20-18(21(17)15-11-7-4-8-12-15)23-13-16(22)14-9-5-3-6-10-14/h3-12H,2,13H2,1H3. The Hall–Kier alpha value is -2.40. The number of carbonyl (C=O) groups excluding carboxylic acids is 1. The van der Waals surface area contributed by atoms with E-state index in [1.807, 2.05) is 72.2 Å². The quantitative estimate of drug-likeness (QED) is 0.511. The van der Waals surface area contributed by atoms with E-state index in [9.17, 15) is 4.79 Å². The zero-order valence-corrected chi connectivity index (χ0v) is 13.7. The van der Waals surface area contributed by atoms with Crippen molar-refractivity contribution in [3.05, 3.63) is 72.1 Å². The third-order valence-corrected chi connectivity index (χ3v) is 4.39. The first-order valence-electron chi connectivity index (χ1n) is 7.50. The van der Waals surface area contributed by atoms with Crippen LogP contribution in [0.15, 0.2) is 65.8 Å². The van der Waals surface area contributed by atoms with Gasteiger partial charge in [0.2, 0.25) is 0 Å². The summed E-state index contributed by atoms with van der Waals surface area (Å²) >= 11 is 1.42. The largest absolute Gasteiger partial charge is 0.293 e. The smallest absolute Gasteiger partial charge is 0.196 e. The minimum Gasteiger partial charge on any atom is -0.293 e. The van der Waals surface area contributed by atoms with Gasteiger partial charge in [-0.1, -0.05) is 67.2 Å². The first-order chi connectivity index (χ1) is 11.3. The molecule has 23 heavy (non-hydrogen) atoms. The summed E-state index contributed by atoms with van der Waals surface area (Å²) in [6, 6.07) is 19.3. The SMILES string of the molecule is CCc1nnc(SCC(=O)c2ccccc2)n1-c1ccccc1. The third kappa shape index (κ3) is 3.51. The van der Waals surface area contributed by atoms with E-state index in [1.54, 1.807) is 0 Å². The number of para-hydroxylation sites is 1. The van der Waals surface area contributed by atoms with Gasteiger partial charge in [-0.2, -0.15) is 0 Å². The van der Waals surface area contributed by atoms with Gasteiger partial charge in [-0.25, -0.2) is 0 Å². The molecule has 0 spiro atoms. The number of Topliss-reactive ketones (excluding diaryl/α,β-unsaturated/α-hetero) is 1. The van der Waals surface area contributed by atoms with Crippen LogP contribution in [0.4, 0.5) is 0 Å². The number of hydrogen-bond donors (Lipinski definition) is 0. The lowest BCUT2D eigenvalue weighted by molar-refractivity contribution is 0.102. The van der Waals surface area contributed by atoms with Crippen LogP contribution in [-0.4, -0.2) is 26.3 Å². The van der Waals surface area contributed by atoms with Gasteiger partial charge in [0.1, 0.15) is 5.82 Å². The Morgan fingerprint density at radius 2 is 1.65 bits per heavy atom. The topological polar surface area (TPSA) is 47.8 Å². The molecule has 0 aliphatic rings. The van der Waals surface area contributed by atoms with Crippen molar-refractivity contribution in [3.8, 4) is 5.69 Å². The zero-order chi connectivity index (χ0) is 16.1. The number of thioether (sulfide) groups is 1. The molecular weight excluding hydrogens is 306 g/mol. The summed E-state index contributed by atoms with van der Waals surface area (Å²) in [5, 5.41) is 9.24. The predicted octanol–water partition coefficient (Wildman–Crippen LogP) is 3.80. The van der Waals surface area contributed by atoms with Gasteiger partial charge in [0.15, 0.2) is 10.9 Å². The number of hydrogen-bond acceptors (Lipinski definition) is 4. The highest BCUT2D eigenvalue weighted by molar-refractivity contribution is 7.99. The van der Waals surface area contributed by atoms with Gasteiger partial charge in [-0.05, 0) is 12.1 Å². The van der Waals surface area contributed by atoms with Crippen molar-refractivity contribution in [2.24, 2.45) is 0 Å². The molecule has 0 N–H and O–H groups in total. The average molecular weight is 323 g/mol. The van der Waals surface area contributed by atoms with Crippen LogP contribution in [0.5, 0.6) is 0 Å². The maximum absolute atomic E-state index is 12.3.